The molecule has 4 rings (SSSR count). The van der Waals surface area contributed by atoms with Crippen molar-refractivity contribution >= 4 is 18.3 Å². The Balaban J connectivity index is 0.00000240. The van der Waals surface area contributed by atoms with Crippen LogP contribution in [0.1, 0.15) is 49.3 Å². The number of likely N-dealkylation sites (N-methyl/N-ethyl adjacent to an activating group) is 1. The van der Waals surface area contributed by atoms with Crippen molar-refractivity contribution in [2.24, 2.45) is 7.05 Å². The maximum absolute atomic E-state index is 12.9. The summed E-state index contributed by atoms with van der Waals surface area (Å²) in [5.74, 6) is 1.57. The van der Waals surface area contributed by atoms with Crippen molar-refractivity contribution in [3.8, 4) is 11.5 Å². The minimum absolute atomic E-state index is 0. The van der Waals surface area contributed by atoms with E-state index in [2.05, 4.69) is 27.9 Å². The van der Waals surface area contributed by atoms with Crippen LogP contribution >= 0.6 is 12.4 Å². The molecule has 1 aliphatic carbocycles. The summed E-state index contributed by atoms with van der Waals surface area (Å²) < 4.78 is 12.8. The molecule has 1 fully saturated rings. The number of aromatic nitrogens is 2. The van der Waals surface area contributed by atoms with Crippen LogP contribution in [0.3, 0.4) is 0 Å². The van der Waals surface area contributed by atoms with Crippen molar-refractivity contribution < 1.29 is 14.3 Å². The molecule has 0 saturated heterocycles. The lowest BCUT2D eigenvalue weighted by Gasteiger charge is -2.38. The number of hydrogen-bond donors (Lipinski definition) is 2. The first-order chi connectivity index (χ1) is 13.6. The number of ether oxygens (including phenoxy) is 2. The summed E-state index contributed by atoms with van der Waals surface area (Å²) >= 11 is 0. The van der Waals surface area contributed by atoms with Crippen LogP contribution < -0.4 is 20.1 Å². The lowest BCUT2D eigenvalue weighted by molar-refractivity contribution is -0.123. The number of carbonyl (C=O) groups is 1. The molecule has 1 atom stereocenters. The number of aryl methyl sites for hydroxylation is 1. The number of halogens is 1. The highest BCUT2D eigenvalue weighted by atomic mass is 35.5. The summed E-state index contributed by atoms with van der Waals surface area (Å²) in [5, 5.41) is 10.5. The van der Waals surface area contributed by atoms with Gasteiger partial charge < -0.3 is 20.1 Å². The highest BCUT2D eigenvalue weighted by Gasteiger charge is 2.36. The third-order valence-corrected chi connectivity index (χ3v) is 6.01. The quantitative estimate of drug-likeness (QED) is 0.751. The highest BCUT2D eigenvalue weighted by molar-refractivity contribution is 5.85. The van der Waals surface area contributed by atoms with Crippen molar-refractivity contribution in [2.75, 3.05) is 20.4 Å². The molecule has 1 amide bonds. The van der Waals surface area contributed by atoms with Crippen LogP contribution in [0.15, 0.2) is 30.6 Å². The molecule has 0 spiro atoms. The monoisotopic (exact) mass is 420 g/mol. The summed E-state index contributed by atoms with van der Waals surface area (Å²) in [6.45, 7) is 0.890. The van der Waals surface area contributed by atoms with Gasteiger partial charge in [-0.3, -0.25) is 9.48 Å². The van der Waals surface area contributed by atoms with E-state index in [4.69, 9.17) is 9.47 Å². The molecule has 2 N–H and O–H groups in total. The number of nitrogens with one attached hydrogen (secondary N) is 2. The van der Waals surface area contributed by atoms with Gasteiger partial charge in [0, 0.05) is 30.8 Å². The largest absolute Gasteiger partial charge is 0.454 e. The second kappa shape index (κ2) is 9.05. The second-order valence-electron chi connectivity index (χ2n) is 7.80. The number of fused-ring (bicyclic) bond motifs is 1. The van der Waals surface area contributed by atoms with E-state index < -0.39 is 6.04 Å². The van der Waals surface area contributed by atoms with Crippen molar-refractivity contribution in [2.45, 2.75) is 43.6 Å². The normalized spacial score (nSPS) is 18.0. The van der Waals surface area contributed by atoms with Crippen molar-refractivity contribution in [3.63, 3.8) is 0 Å². The number of nitrogens with zero attached hydrogens (tertiary/aromatic N) is 2. The van der Waals surface area contributed by atoms with Gasteiger partial charge in [0.2, 0.25) is 12.7 Å². The van der Waals surface area contributed by atoms with E-state index >= 15 is 0 Å². The summed E-state index contributed by atoms with van der Waals surface area (Å²) in [4.78, 5) is 12.9. The van der Waals surface area contributed by atoms with E-state index in [0.717, 1.165) is 29.9 Å². The average Bonchev–Trinajstić information content (AvgIpc) is 3.36. The lowest BCUT2D eigenvalue weighted by Crippen LogP contribution is -2.45. The Morgan fingerprint density at radius 3 is 2.69 bits per heavy atom. The molecule has 7 nitrogen and oxygen atoms in total. The predicted molar refractivity (Wildman–Crippen MR) is 113 cm³/mol. The second-order valence-corrected chi connectivity index (χ2v) is 7.80. The Morgan fingerprint density at radius 1 is 1.24 bits per heavy atom. The Kier molecular flexibility index (Phi) is 6.70. The van der Waals surface area contributed by atoms with Crippen LogP contribution in [0.5, 0.6) is 11.5 Å². The third-order valence-electron chi connectivity index (χ3n) is 6.01. The standard InChI is InChI=1S/C21H28N4O3.ClH/c1-22-19(15-11-24-25(2)12-15)20(26)23-13-21(8-4-3-5-9-21)16-6-7-17-18(10-16)28-14-27-17;/h6-7,10-12,19,22H,3-5,8-9,13-14H2,1-2H3,(H,23,26);1H. The zero-order valence-electron chi connectivity index (χ0n) is 16.9. The Morgan fingerprint density at radius 2 is 2.00 bits per heavy atom. The van der Waals surface area contributed by atoms with E-state index in [1.54, 1.807) is 17.9 Å². The topological polar surface area (TPSA) is 77.4 Å². The molecule has 2 heterocycles. The zero-order chi connectivity index (χ0) is 19.6. The molecule has 158 valence electrons. The van der Waals surface area contributed by atoms with Crippen LogP contribution in [0, 0.1) is 0 Å². The van der Waals surface area contributed by atoms with Gasteiger partial charge in [0.25, 0.3) is 0 Å². The highest BCUT2D eigenvalue weighted by Crippen LogP contribution is 2.43. The van der Waals surface area contributed by atoms with Crippen LogP contribution in [-0.2, 0) is 17.3 Å². The molecule has 2 aliphatic rings. The molecule has 2 aromatic rings. The summed E-state index contributed by atoms with van der Waals surface area (Å²) in [5.41, 5.74) is 2.02. The van der Waals surface area contributed by atoms with Gasteiger partial charge in [-0.05, 0) is 37.6 Å². The fourth-order valence-electron chi connectivity index (χ4n) is 4.42. The van der Waals surface area contributed by atoms with Crippen LogP contribution in [-0.4, -0.2) is 36.1 Å². The van der Waals surface area contributed by atoms with Crippen LogP contribution in [0.2, 0.25) is 0 Å². The number of carbonyl (C=O) groups excluding carboxylic acids is 1. The molecule has 1 unspecified atom stereocenters. The van der Waals surface area contributed by atoms with E-state index in [-0.39, 0.29) is 30.5 Å². The maximum atomic E-state index is 12.9. The van der Waals surface area contributed by atoms with Gasteiger partial charge in [0.15, 0.2) is 11.5 Å². The molecule has 1 aromatic carbocycles. The summed E-state index contributed by atoms with van der Waals surface area (Å²) in [6, 6.07) is 5.80. The first kappa shape index (κ1) is 21.5. The van der Waals surface area contributed by atoms with Crippen molar-refractivity contribution in [3.05, 3.63) is 41.7 Å². The molecule has 1 aromatic heterocycles. The lowest BCUT2D eigenvalue weighted by atomic mass is 9.69. The Bertz CT molecular complexity index is 848. The van der Waals surface area contributed by atoms with Crippen LogP contribution in [0.4, 0.5) is 0 Å². The number of benzene rings is 1. The van der Waals surface area contributed by atoms with Gasteiger partial charge in [0.05, 0.1) is 6.20 Å². The zero-order valence-corrected chi connectivity index (χ0v) is 17.8. The minimum atomic E-state index is -0.411. The third kappa shape index (κ3) is 4.36. The SMILES string of the molecule is CNC(C(=O)NCC1(c2ccc3c(c2)OCO3)CCCCC1)c1cnn(C)c1.Cl. The Labute approximate surface area is 177 Å². The maximum Gasteiger partial charge on any atom is 0.241 e. The minimum Gasteiger partial charge on any atom is -0.454 e. The predicted octanol–water partition coefficient (Wildman–Crippen LogP) is 2.85. The molecule has 29 heavy (non-hydrogen) atoms. The molecular formula is C21H29ClN4O3. The van der Waals surface area contributed by atoms with Gasteiger partial charge in [0.1, 0.15) is 6.04 Å². The molecule has 1 saturated carbocycles. The van der Waals surface area contributed by atoms with Crippen molar-refractivity contribution in [1.82, 2.24) is 20.4 Å². The van der Waals surface area contributed by atoms with Gasteiger partial charge >= 0.3 is 0 Å². The fraction of sp³-hybridized carbons (Fsp3) is 0.524. The van der Waals surface area contributed by atoms with E-state index in [0.29, 0.717) is 6.54 Å². The average molecular weight is 421 g/mol. The van der Waals surface area contributed by atoms with Gasteiger partial charge in [-0.2, -0.15) is 5.10 Å². The number of amides is 1. The number of rotatable bonds is 6. The molecular weight excluding hydrogens is 392 g/mol. The Hall–Kier alpha value is -2.25. The summed E-state index contributed by atoms with van der Waals surface area (Å²) in [7, 11) is 3.65. The first-order valence-corrected chi connectivity index (χ1v) is 9.95. The van der Waals surface area contributed by atoms with Gasteiger partial charge in [-0.1, -0.05) is 25.3 Å². The fourth-order valence-corrected chi connectivity index (χ4v) is 4.42. The van der Waals surface area contributed by atoms with Gasteiger partial charge in [-0.25, -0.2) is 0 Å². The van der Waals surface area contributed by atoms with Gasteiger partial charge in [-0.15, -0.1) is 12.4 Å². The van der Waals surface area contributed by atoms with E-state index in [1.807, 2.05) is 19.3 Å². The molecule has 8 heteroatoms. The van der Waals surface area contributed by atoms with E-state index in [9.17, 15) is 4.79 Å². The first-order valence-electron chi connectivity index (χ1n) is 9.95. The van der Waals surface area contributed by atoms with Crippen molar-refractivity contribution in [1.29, 1.82) is 0 Å². The molecule has 1 aliphatic heterocycles. The summed E-state index contributed by atoms with van der Waals surface area (Å²) in [6.07, 6.45) is 9.30. The van der Waals surface area contributed by atoms with Crippen LogP contribution in [0.25, 0.3) is 0 Å². The molecule has 0 bridgehead atoms. The smallest absolute Gasteiger partial charge is 0.241 e. The molecule has 0 radical (unpaired) electrons. The van der Waals surface area contributed by atoms with E-state index in [1.165, 1.54) is 24.8 Å². The number of hydrogen-bond acceptors (Lipinski definition) is 5.